The van der Waals surface area contributed by atoms with E-state index in [1.807, 2.05) is 84.9 Å². The molecule has 4 heteroatoms. The Labute approximate surface area is 337 Å². The number of fused-ring (bicyclic) bond motifs is 2. The van der Waals surface area contributed by atoms with Gasteiger partial charge in [-0.3, -0.25) is 0 Å². The molecule has 9 aromatic carbocycles. The molecule has 1 heterocycles. The molecule has 0 saturated carbocycles. The maximum atomic E-state index is 9.25. The molecule has 0 aliphatic carbocycles. The minimum absolute atomic E-state index is 0.636. The lowest BCUT2D eigenvalue weighted by atomic mass is 9.88. The molecule has 10 aromatic rings. The topological polar surface area (TPSA) is 62.5 Å². The fourth-order valence-electron chi connectivity index (χ4n) is 7.83. The Balaban J connectivity index is 1.01. The highest BCUT2D eigenvalue weighted by molar-refractivity contribution is 6.06. The lowest BCUT2D eigenvalue weighted by Crippen LogP contribution is -2.00. The zero-order valence-corrected chi connectivity index (χ0v) is 31.4. The standard InChI is InChI=1S/C54H34N4/c55-35-36-18-20-37(21-19-36)38-22-26-41(27-23-38)51-49-16-8-7-10-39(49)30-33-50(51)46-31-32-48-45(34-46)15-9-17-47(48)40-24-28-44(29-25-40)54-57-52(42-11-3-1-4-12-42)56-53(58-54)43-13-5-2-6-14-43/h1-34H. The fourth-order valence-corrected chi connectivity index (χ4v) is 7.83. The third-order valence-corrected chi connectivity index (χ3v) is 10.8. The molecule has 0 atom stereocenters. The summed E-state index contributed by atoms with van der Waals surface area (Å²) >= 11 is 0. The van der Waals surface area contributed by atoms with Gasteiger partial charge in [0.2, 0.25) is 0 Å². The Kier molecular flexibility index (Phi) is 8.87. The molecule has 270 valence electrons. The summed E-state index contributed by atoms with van der Waals surface area (Å²) in [6, 6.07) is 73.8. The van der Waals surface area contributed by atoms with Crippen molar-refractivity contribution in [3.8, 4) is 84.7 Å². The van der Waals surface area contributed by atoms with Crippen molar-refractivity contribution in [2.45, 2.75) is 0 Å². The van der Waals surface area contributed by atoms with Crippen LogP contribution in [0.3, 0.4) is 0 Å². The molecule has 0 unspecified atom stereocenters. The maximum Gasteiger partial charge on any atom is 0.164 e. The average molecular weight is 739 g/mol. The van der Waals surface area contributed by atoms with Crippen LogP contribution in [0.1, 0.15) is 5.56 Å². The second kappa shape index (κ2) is 14.9. The summed E-state index contributed by atoms with van der Waals surface area (Å²) in [5.74, 6) is 1.93. The highest BCUT2D eigenvalue weighted by Crippen LogP contribution is 2.41. The summed E-state index contributed by atoms with van der Waals surface area (Å²) in [5, 5.41) is 14.0. The van der Waals surface area contributed by atoms with Crippen LogP contribution in [-0.4, -0.2) is 15.0 Å². The number of hydrogen-bond donors (Lipinski definition) is 0. The summed E-state index contributed by atoms with van der Waals surface area (Å²) in [4.78, 5) is 14.7. The molecule has 0 N–H and O–H groups in total. The highest BCUT2D eigenvalue weighted by Gasteiger charge is 2.16. The third kappa shape index (κ3) is 6.57. The maximum absolute atomic E-state index is 9.25. The Morgan fingerprint density at radius 2 is 0.810 bits per heavy atom. The van der Waals surface area contributed by atoms with E-state index in [0.29, 0.717) is 23.0 Å². The quantitative estimate of drug-likeness (QED) is 0.163. The Hall–Kier alpha value is -8.00. The van der Waals surface area contributed by atoms with E-state index < -0.39 is 0 Å². The predicted molar refractivity (Wildman–Crippen MR) is 238 cm³/mol. The smallest absolute Gasteiger partial charge is 0.164 e. The zero-order valence-electron chi connectivity index (χ0n) is 31.4. The van der Waals surface area contributed by atoms with Gasteiger partial charge in [0.1, 0.15) is 0 Å². The van der Waals surface area contributed by atoms with Crippen molar-refractivity contribution >= 4 is 21.5 Å². The Bertz CT molecular complexity index is 3070. The third-order valence-electron chi connectivity index (χ3n) is 10.8. The molecule has 1 aromatic heterocycles. The fraction of sp³-hybridized carbons (Fsp3) is 0. The van der Waals surface area contributed by atoms with Crippen LogP contribution in [-0.2, 0) is 0 Å². The molecule has 0 spiro atoms. The van der Waals surface area contributed by atoms with Crippen molar-refractivity contribution in [3.05, 3.63) is 212 Å². The Morgan fingerprint density at radius 3 is 1.45 bits per heavy atom. The van der Waals surface area contributed by atoms with Crippen molar-refractivity contribution in [1.82, 2.24) is 15.0 Å². The first-order valence-electron chi connectivity index (χ1n) is 19.3. The summed E-state index contributed by atoms with van der Waals surface area (Å²) in [7, 11) is 0. The molecule has 0 saturated heterocycles. The van der Waals surface area contributed by atoms with E-state index in [1.54, 1.807) is 0 Å². The van der Waals surface area contributed by atoms with Crippen LogP contribution in [0.25, 0.3) is 100 Å². The molecule has 10 rings (SSSR count). The van der Waals surface area contributed by atoms with Gasteiger partial charge in [-0.25, -0.2) is 15.0 Å². The van der Waals surface area contributed by atoms with Crippen LogP contribution in [0.15, 0.2) is 206 Å². The first-order chi connectivity index (χ1) is 28.7. The lowest BCUT2D eigenvalue weighted by Gasteiger charge is -2.16. The molecule has 0 radical (unpaired) electrons. The van der Waals surface area contributed by atoms with Crippen molar-refractivity contribution in [1.29, 1.82) is 5.26 Å². The normalized spacial score (nSPS) is 11.1. The molecule has 4 nitrogen and oxygen atoms in total. The first kappa shape index (κ1) is 34.5. The van der Waals surface area contributed by atoms with E-state index in [0.717, 1.165) is 44.5 Å². The second-order valence-corrected chi connectivity index (χ2v) is 14.3. The minimum Gasteiger partial charge on any atom is -0.208 e. The van der Waals surface area contributed by atoms with Gasteiger partial charge in [-0.05, 0) is 84.3 Å². The largest absolute Gasteiger partial charge is 0.208 e. The van der Waals surface area contributed by atoms with Gasteiger partial charge in [-0.2, -0.15) is 5.26 Å². The van der Waals surface area contributed by atoms with Crippen molar-refractivity contribution in [2.75, 3.05) is 0 Å². The highest BCUT2D eigenvalue weighted by atomic mass is 15.0. The van der Waals surface area contributed by atoms with Crippen LogP contribution >= 0.6 is 0 Å². The average Bonchev–Trinajstić information content (AvgIpc) is 3.31. The van der Waals surface area contributed by atoms with Gasteiger partial charge in [0.05, 0.1) is 11.6 Å². The van der Waals surface area contributed by atoms with E-state index in [2.05, 4.69) is 127 Å². The number of nitrogens with zero attached hydrogens (tertiary/aromatic N) is 4. The van der Waals surface area contributed by atoms with Crippen LogP contribution in [0.2, 0.25) is 0 Å². The van der Waals surface area contributed by atoms with Gasteiger partial charge in [-0.1, -0.05) is 188 Å². The van der Waals surface area contributed by atoms with Gasteiger partial charge in [0, 0.05) is 16.7 Å². The van der Waals surface area contributed by atoms with Gasteiger partial charge in [0.25, 0.3) is 0 Å². The van der Waals surface area contributed by atoms with Crippen molar-refractivity contribution in [2.24, 2.45) is 0 Å². The monoisotopic (exact) mass is 738 g/mol. The van der Waals surface area contributed by atoms with Crippen LogP contribution in [0.5, 0.6) is 0 Å². The van der Waals surface area contributed by atoms with Crippen molar-refractivity contribution < 1.29 is 0 Å². The lowest BCUT2D eigenvalue weighted by molar-refractivity contribution is 1.07. The first-order valence-corrected chi connectivity index (χ1v) is 19.3. The van der Waals surface area contributed by atoms with E-state index in [9.17, 15) is 5.26 Å². The molecule has 0 amide bonds. The summed E-state index contributed by atoms with van der Waals surface area (Å²) in [5.41, 5.74) is 12.7. The minimum atomic E-state index is 0.636. The molecule has 0 fully saturated rings. The summed E-state index contributed by atoms with van der Waals surface area (Å²) in [6.45, 7) is 0. The number of benzene rings is 9. The second-order valence-electron chi connectivity index (χ2n) is 14.3. The SMILES string of the molecule is N#Cc1ccc(-c2ccc(-c3c(-c4ccc5c(-c6ccc(-c7nc(-c8ccccc8)nc(-c8ccccc8)n7)cc6)cccc5c4)ccc4ccccc34)cc2)cc1. The van der Waals surface area contributed by atoms with Gasteiger partial charge < -0.3 is 0 Å². The predicted octanol–water partition coefficient (Wildman–Crippen LogP) is 13.7. The number of nitriles is 1. The van der Waals surface area contributed by atoms with E-state index >= 15 is 0 Å². The van der Waals surface area contributed by atoms with Crippen molar-refractivity contribution in [3.63, 3.8) is 0 Å². The summed E-state index contributed by atoms with van der Waals surface area (Å²) in [6.07, 6.45) is 0. The number of hydrogen-bond acceptors (Lipinski definition) is 4. The van der Waals surface area contributed by atoms with E-state index in [1.165, 1.54) is 38.2 Å². The molecule has 0 bridgehead atoms. The molecular weight excluding hydrogens is 705 g/mol. The van der Waals surface area contributed by atoms with Crippen LogP contribution < -0.4 is 0 Å². The van der Waals surface area contributed by atoms with E-state index in [-0.39, 0.29) is 0 Å². The molecular formula is C54H34N4. The number of aromatic nitrogens is 3. The molecule has 0 aliphatic rings. The summed E-state index contributed by atoms with van der Waals surface area (Å²) < 4.78 is 0. The number of rotatable bonds is 7. The molecule has 58 heavy (non-hydrogen) atoms. The van der Waals surface area contributed by atoms with Crippen LogP contribution in [0, 0.1) is 11.3 Å². The van der Waals surface area contributed by atoms with Gasteiger partial charge in [0.15, 0.2) is 17.5 Å². The van der Waals surface area contributed by atoms with Gasteiger partial charge in [-0.15, -0.1) is 0 Å². The van der Waals surface area contributed by atoms with E-state index in [4.69, 9.17) is 15.0 Å². The Morgan fingerprint density at radius 1 is 0.310 bits per heavy atom. The van der Waals surface area contributed by atoms with Crippen LogP contribution in [0.4, 0.5) is 0 Å². The van der Waals surface area contributed by atoms with Gasteiger partial charge >= 0.3 is 0 Å². The zero-order chi connectivity index (χ0) is 38.8. The molecule has 0 aliphatic heterocycles.